The van der Waals surface area contributed by atoms with E-state index in [9.17, 15) is 4.79 Å². The average molecular weight is 446 g/mol. The zero-order chi connectivity index (χ0) is 22.7. The summed E-state index contributed by atoms with van der Waals surface area (Å²) < 4.78 is 11.4. The quantitative estimate of drug-likeness (QED) is 0.381. The molecule has 0 fully saturated rings. The van der Waals surface area contributed by atoms with Gasteiger partial charge in [-0.2, -0.15) is 0 Å². The molecular weight excluding hydrogens is 422 g/mol. The molecule has 1 amide bonds. The molecule has 1 aromatic heterocycles. The fraction of sp³-hybridized carbons (Fsp3) is 0.160. The number of benzene rings is 3. The van der Waals surface area contributed by atoms with Crippen LogP contribution in [0.4, 0.5) is 5.69 Å². The van der Waals surface area contributed by atoms with Gasteiger partial charge in [0, 0.05) is 11.1 Å². The van der Waals surface area contributed by atoms with Gasteiger partial charge >= 0.3 is 0 Å². The Hall–Kier alpha value is -3.71. The van der Waals surface area contributed by atoms with E-state index in [2.05, 4.69) is 35.5 Å². The van der Waals surface area contributed by atoms with Crippen molar-refractivity contribution >= 4 is 40.0 Å². The van der Waals surface area contributed by atoms with Gasteiger partial charge in [-0.15, -0.1) is 0 Å². The number of oxazole rings is 1. The van der Waals surface area contributed by atoms with E-state index in [1.807, 2.05) is 30.3 Å². The number of thiocarbonyl (C=S) groups is 1. The van der Waals surface area contributed by atoms with Crippen LogP contribution in [-0.4, -0.2) is 23.1 Å². The van der Waals surface area contributed by atoms with Crippen LogP contribution in [0.15, 0.2) is 71.1 Å². The van der Waals surface area contributed by atoms with Crippen LogP contribution < -0.4 is 15.4 Å². The largest absolute Gasteiger partial charge is 0.495 e. The molecule has 3 aromatic carbocycles. The van der Waals surface area contributed by atoms with E-state index in [0.29, 0.717) is 28.8 Å². The molecule has 4 rings (SSSR count). The Labute approximate surface area is 191 Å². The second-order valence-corrected chi connectivity index (χ2v) is 8.00. The van der Waals surface area contributed by atoms with Crippen molar-refractivity contribution in [2.24, 2.45) is 0 Å². The Balaban J connectivity index is 1.58. The molecule has 0 aliphatic heterocycles. The van der Waals surface area contributed by atoms with Crippen molar-refractivity contribution in [1.82, 2.24) is 10.3 Å². The number of hydrogen-bond acceptors (Lipinski definition) is 5. The molecule has 0 atom stereocenters. The van der Waals surface area contributed by atoms with Gasteiger partial charge in [0.2, 0.25) is 5.89 Å². The van der Waals surface area contributed by atoms with Gasteiger partial charge in [-0.05, 0) is 66.2 Å². The van der Waals surface area contributed by atoms with Crippen molar-refractivity contribution in [1.29, 1.82) is 0 Å². The van der Waals surface area contributed by atoms with Crippen LogP contribution in [0, 0.1) is 0 Å². The van der Waals surface area contributed by atoms with Crippen molar-refractivity contribution in [3.63, 3.8) is 0 Å². The van der Waals surface area contributed by atoms with Crippen LogP contribution in [0.3, 0.4) is 0 Å². The lowest BCUT2D eigenvalue weighted by atomic mass is 10.0. The average Bonchev–Trinajstić information content (AvgIpc) is 3.23. The lowest BCUT2D eigenvalue weighted by molar-refractivity contribution is 0.0977. The number of ether oxygens (including phenoxy) is 1. The van der Waals surface area contributed by atoms with E-state index in [-0.39, 0.29) is 11.0 Å². The normalized spacial score (nSPS) is 10.9. The monoisotopic (exact) mass is 445 g/mol. The SMILES string of the molecule is COc1ccc(-c2nc3cc(C(C)C)ccc3o2)cc1NC(=S)NC(=O)c1ccccc1. The highest BCUT2D eigenvalue weighted by Gasteiger charge is 2.14. The molecule has 0 aliphatic carbocycles. The molecule has 0 bridgehead atoms. The third-order valence-electron chi connectivity index (χ3n) is 5.04. The number of carbonyl (C=O) groups excluding carboxylic acids is 1. The molecule has 4 aromatic rings. The lowest BCUT2D eigenvalue weighted by Gasteiger charge is -2.13. The fourth-order valence-electron chi connectivity index (χ4n) is 3.28. The summed E-state index contributed by atoms with van der Waals surface area (Å²) in [7, 11) is 1.57. The second-order valence-electron chi connectivity index (χ2n) is 7.59. The summed E-state index contributed by atoms with van der Waals surface area (Å²) in [6, 6.07) is 20.4. The number of nitrogens with zero attached hydrogens (tertiary/aromatic N) is 1. The lowest BCUT2D eigenvalue weighted by Crippen LogP contribution is -2.34. The number of amides is 1. The molecule has 6 nitrogen and oxygen atoms in total. The Morgan fingerprint density at radius 1 is 1.06 bits per heavy atom. The minimum absolute atomic E-state index is 0.161. The van der Waals surface area contributed by atoms with Crippen LogP contribution in [0.25, 0.3) is 22.6 Å². The zero-order valence-corrected chi connectivity index (χ0v) is 18.8. The van der Waals surface area contributed by atoms with E-state index in [0.717, 1.165) is 16.7 Å². The van der Waals surface area contributed by atoms with Crippen LogP contribution in [-0.2, 0) is 0 Å². The highest BCUT2D eigenvalue weighted by Crippen LogP contribution is 2.32. The first-order chi connectivity index (χ1) is 15.4. The van der Waals surface area contributed by atoms with Crippen molar-refractivity contribution in [3.05, 3.63) is 77.9 Å². The summed E-state index contributed by atoms with van der Waals surface area (Å²) in [5.41, 5.74) is 4.60. The summed E-state index contributed by atoms with van der Waals surface area (Å²) in [4.78, 5) is 17.0. The Bertz CT molecular complexity index is 1280. The standard InChI is InChI=1S/C25H23N3O3S/c1-15(2)17-9-12-22-20(13-17)26-24(31-22)18-10-11-21(30-3)19(14-18)27-25(32)28-23(29)16-7-5-4-6-8-16/h4-15H,1-3H3,(H2,27,28,29,32). The Kier molecular flexibility index (Phi) is 6.18. The molecular formula is C25H23N3O3S. The maximum atomic E-state index is 12.4. The van der Waals surface area contributed by atoms with Gasteiger partial charge in [-0.1, -0.05) is 38.1 Å². The smallest absolute Gasteiger partial charge is 0.257 e. The number of anilines is 1. The highest BCUT2D eigenvalue weighted by atomic mass is 32.1. The van der Waals surface area contributed by atoms with Gasteiger partial charge in [0.05, 0.1) is 12.8 Å². The number of methoxy groups -OCH3 is 1. The highest BCUT2D eigenvalue weighted by molar-refractivity contribution is 7.80. The predicted molar refractivity (Wildman–Crippen MR) is 130 cm³/mol. The van der Waals surface area contributed by atoms with Gasteiger partial charge in [0.15, 0.2) is 10.7 Å². The van der Waals surface area contributed by atoms with Crippen molar-refractivity contribution in [2.45, 2.75) is 19.8 Å². The molecule has 1 heterocycles. The van der Waals surface area contributed by atoms with Crippen LogP contribution in [0.2, 0.25) is 0 Å². The van der Waals surface area contributed by atoms with Gasteiger partial charge in [0.1, 0.15) is 11.3 Å². The van der Waals surface area contributed by atoms with E-state index >= 15 is 0 Å². The topological polar surface area (TPSA) is 76.4 Å². The Morgan fingerprint density at radius 2 is 1.84 bits per heavy atom. The van der Waals surface area contributed by atoms with Gasteiger partial charge in [0.25, 0.3) is 5.91 Å². The van der Waals surface area contributed by atoms with Crippen LogP contribution in [0.1, 0.15) is 35.7 Å². The number of carbonyl (C=O) groups is 1. The second kappa shape index (κ2) is 9.20. The molecule has 7 heteroatoms. The number of fused-ring (bicyclic) bond motifs is 1. The van der Waals surface area contributed by atoms with E-state index in [1.165, 1.54) is 5.56 Å². The molecule has 0 spiro atoms. The fourth-order valence-corrected chi connectivity index (χ4v) is 3.49. The summed E-state index contributed by atoms with van der Waals surface area (Å²) in [6.07, 6.45) is 0. The van der Waals surface area contributed by atoms with Gasteiger partial charge in [-0.3, -0.25) is 10.1 Å². The van der Waals surface area contributed by atoms with Gasteiger partial charge in [-0.25, -0.2) is 4.98 Å². The number of rotatable bonds is 5. The number of aromatic nitrogens is 1. The molecule has 2 N–H and O–H groups in total. The van der Waals surface area contributed by atoms with Crippen molar-refractivity contribution < 1.29 is 13.9 Å². The third kappa shape index (κ3) is 4.63. The van der Waals surface area contributed by atoms with Crippen LogP contribution >= 0.6 is 12.2 Å². The Morgan fingerprint density at radius 3 is 2.56 bits per heavy atom. The molecule has 0 saturated heterocycles. The van der Waals surface area contributed by atoms with Crippen LogP contribution in [0.5, 0.6) is 5.75 Å². The first-order valence-corrected chi connectivity index (χ1v) is 10.6. The first-order valence-electron chi connectivity index (χ1n) is 10.2. The van der Waals surface area contributed by atoms with E-state index < -0.39 is 0 Å². The summed E-state index contributed by atoms with van der Waals surface area (Å²) in [6.45, 7) is 4.28. The van der Waals surface area contributed by atoms with E-state index in [1.54, 1.807) is 37.4 Å². The van der Waals surface area contributed by atoms with E-state index in [4.69, 9.17) is 21.4 Å². The molecule has 0 radical (unpaired) electrons. The zero-order valence-electron chi connectivity index (χ0n) is 18.0. The van der Waals surface area contributed by atoms with Crippen molar-refractivity contribution in [2.75, 3.05) is 12.4 Å². The molecule has 0 saturated carbocycles. The first kappa shape index (κ1) is 21.5. The summed E-state index contributed by atoms with van der Waals surface area (Å²) >= 11 is 5.33. The predicted octanol–water partition coefficient (Wildman–Crippen LogP) is 5.75. The third-order valence-corrected chi connectivity index (χ3v) is 5.24. The number of nitrogens with one attached hydrogen (secondary N) is 2. The molecule has 0 aliphatic rings. The summed E-state index contributed by atoms with van der Waals surface area (Å²) in [5, 5.41) is 5.88. The molecule has 32 heavy (non-hydrogen) atoms. The maximum Gasteiger partial charge on any atom is 0.257 e. The molecule has 0 unspecified atom stereocenters. The maximum absolute atomic E-state index is 12.4. The number of hydrogen-bond donors (Lipinski definition) is 2. The van der Waals surface area contributed by atoms with Gasteiger partial charge < -0.3 is 14.5 Å². The minimum atomic E-state index is -0.293. The van der Waals surface area contributed by atoms with Crippen molar-refractivity contribution in [3.8, 4) is 17.2 Å². The summed E-state index contributed by atoms with van der Waals surface area (Å²) in [5.74, 6) is 1.18. The molecule has 162 valence electrons. The minimum Gasteiger partial charge on any atom is -0.495 e.